The van der Waals surface area contributed by atoms with Crippen molar-refractivity contribution in [2.75, 3.05) is 0 Å². The van der Waals surface area contributed by atoms with Gasteiger partial charge in [0.15, 0.2) is 0 Å². The van der Waals surface area contributed by atoms with Gasteiger partial charge in [0, 0.05) is 5.57 Å². The van der Waals surface area contributed by atoms with Gasteiger partial charge in [-0.1, -0.05) is 39.7 Å². The molecule has 14 heavy (non-hydrogen) atoms. The summed E-state index contributed by atoms with van der Waals surface area (Å²) in [6.07, 6.45) is 4.89. The number of ether oxygens (including phenoxy) is 1. The van der Waals surface area contributed by atoms with Gasteiger partial charge in [-0.25, -0.2) is 4.79 Å². The number of hydrogen-bond acceptors (Lipinski definition) is 2. The molecular weight excluding hydrogens is 176 g/mol. The van der Waals surface area contributed by atoms with Crippen molar-refractivity contribution in [2.45, 2.75) is 59.0 Å². The minimum absolute atomic E-state index is 0.0241. The highest BCUT2D eigenvalue weighted by atomic mass is 16.5. The van der Waals surface area contributed by atoms with E-state index in [0.29, 0.717) is 5.57 Å². The quantitative estimate of drug-likeness (QED) is 0.462. The van der Waals surface area contributed by atoms with Crippen molar-refractivity contribution < 1.29 is 9.53 Å². The molecule has 0 aromatic rings. The molecule has 0 aromatic carbocycles. The average molecular weight is 198 g/mol. The maximum Gasteiger partial charge on any atom is 0.333 e. The molecule has 0 heterocycles. The average Bonchev–Trinajstić information content (AvgIpc) is 2.15. The Labute approximate surface area is 87.3 Å². The first-order valence-corrected chi connectivity index (χ1v) is 5.50. The maximum atomic E-state index is 11.4. The predicted molar refractivity (Wildman–Crippen MR) is 59.1 cm³/mol. The third kappa shape index (κ3) is 5.79. The zero-order chi connectivity index (χ0) is 11.0. The van der Waals surface area contributed by atoms with Crippen LogP contribution >= 0.6 is 0 Å². The Morgan fingerprint density at radius 2 is 2.00 bits per heavy atom. The van der Waals surface area contributed by atoms with Gasteiger partial charge in [-0.05, 0) is 19.8 Å². The summed E-state index contributed by atoms with van der Waals surface area (Å²) in [4.78, 5) is 11.4. The molecule has 0 aromatic heterocycles. The summed E-state index contributed by atoms with van der Waals surface area (Å²) in [5.41, 5.74) is 0.593. The smallest absolute Gasteiger partial charge is 0.333 e. The van der Waals surface area contributed by atoms with Crippen LogP contribution in [0.1, 0.15) is 52.9 Å². The lowest BCUT2D eigenvalue weighted by atomic mass is 10.1. The SMILES string of the molecule is C=C(CCC)C(=O)OC(C)CCCC. The Morgan fingerprint density at radius 3 is 2.50 bits per heavy atom. The molecule has 1 atom stereocenters. The topological polar surface area (TPSA) is 26.3 Å². The van der Waals surface area contributed by atoms with Crippen LogP contribution in [0.2, 0.25) is 0 Å². The van der Waals surface area contributed by atoms with Crippen molar-refractivity contribution in [1.29, 1.82) is 0 Å². The van der Waals surface area contributed by atoms with Crippen LogP contribution in [-0.2, 0) is 9.53 Å². The molecule has 0 saturated heterocycles. The molecule has 0 saturated carbocycles. The van der Waals surface area contributed by atoms with Crippen LogP contribution in [-0.4, -0.2) is 12.1 Å². The van der Waals surface area contributed by atoms with Crippen LogP contribution < -0.4 is 0 Å². The number of hydrogen-bond donors (Lipinski definition) is 0. The third-order valence-electron chi connectivity index (χ3n) is 2.11. The van der Waals surface area contributed by atoms with Crippen molar-refractivity contribution in [3.8, 4) is 0 Å². The monoisotopic (exact) mass is 198 g/mol. The van der Waals surface area contributed by atoms with E-state index < -0.39 is 0 Å². The van der Waals surface area contributed by atoms with Crippen molar-refractivity contribution in [3.63, 3.8) is 0 Å². The molecule has 0 aliphatic rings. The van der Waals surface area contributed by atoms with Crippen molar-refractivity contribution >= 4 is 5.97 Å². The van der Waals surface area contributed by atoms with E-state index in [1.54, 1.807) is 0 Å². The Bertz CT molecular complexity index is 185. The van der Waals surface area contributed by atoms with Crippen LogP contribution in [0, 0.1) is 0 Å². The van der Waals surface area contributed by atoms with Crippen molar-refractivity contribution in [1.82, 2.24) is 0 Å². The van der Waals surface area contributed by atoms with E-state index in [1.165, 1.54) is 0 Å². The normalized spacial score (nSPS) is 12.2. The molecule has 0 spiro atoms. The molecular formula is C12H22O2. The molecule has 82 valence electrons. The number of rotatable bonds is 7. The van der Waals surface area contributed by atoms with Crippen LogP contribution in [0.15, 0.2) is 12.2 Å². The first-order valence-electron chi connectivity index (χ1n) is 5.50. The Kier molecular flexibility index (Phi) is 7.17. The highest BCUT2D eigenvalue weighted by Gasteiger charge is 2.11. The van der Waals surface area contributed by atoms with Crippen LogP contribution in [0.4, 0.5) is 0 Å². The number of unbranched alkanes of at least 4 members (excludes halogenated alkanes) is 1. The predicted octanol–water partition coefficient (Wildman–Crippen LogP) is 3.46. The summed E-state index contributed by atoms with van der Waals surface area (Å²) in [6, 6.07) is 0. The van der Waals surface area contributed by atoms with Gasteiger partial charge >= 0.3 is 5.97 Å². The highest BCUT2D eigenvalue weighted by Crippen LogP contribution is 2.09. The minimum atomic E-state index is -0.226. The van der Waals surface area contributed by atoms with E-state index in [2.05, 4.69) is 13.5 Å². The highest BCUT2D eigenvalue weighted by molar-refractivity contribution is 5.87. The van der Waals surface area contributed by atoms with E-state index in [-0.39, 0.29) is 12.1 Å². The molecule has 0 aliphatic carbocycles. The van der Waals surface area contributed by atoms with E-state index in [4.69, 9.17) is 4.74 Å². The second-order valence-corrected chi connectivity index (χ2v) is 3.71. The molecule has 0 bridgehead atoms. The van der Waals surface area contributed by atoms with E-state index in [1.807, 2.05) is 13.8 Å². The number of esters is 1. The van der Waals surface area contributed by atoms with Crippen LogP contribution in [0.3, 0.4) is 0 Å². The fourth-order valence-electron chi connectivity index (χ4n) is 1.22. The Hall–Kier alpha value is -0.790. The lowest BCUT2D eigenvalue weighted by molar-refractivity contribution is -0.143. The lowest BCUT2D eigenvalue weighted by Crippen LogP contribution is -2.16. The van der Waals surface area contributed by atoms with Gasteiger partial charge in [0.25, 0.3) is 0 Å². The molecule has 2 nitrogen and oxygen atoms in total. The van der Waals surface area contributed by atoms with Crippen molar-refractivity contribution in [3.05, 3.63) is 12.2 Å². The van der Waals surface area contributed by atoms with Crippen LogP contribution in [0.5, 0.6) is 0 Å². The Balaban J connectivity index is 3.75. The molecule has 0 rings (SSSR count). The van der Waals surface area contributed by atoms with Gasteiger partial charge in [0.1, 0.15) is 0 Å². The molecule has 2 heteroatoms. The van der Waals surface area contributed by atoms with E-state index in [0.717, 1.165) is 32.1 Å². The molecule has 0 N–H and O–H groups in total. The minimum Gasteiger partial charge on any atom is -0.459 e. The zero-order valence-electron chi connectivity index (χ0n) is 9.64. The molecule has 1 unspecified atom stereocenters. The standard InChI is InChI=1S/C12H22O2/c1-5-7-9-11(4)14-12(13)10(3)8-6-2/h11H,3,5-9H2,1-2,4H3. The number of carbonyl (C=O) groups is 1. The summed E-state index contributed by atoms with van der Waals surface area (Å²) >= 11 is 0. The number of carbonyl (C=O) groups excluding carboxylic acids is 1. The fraction of sp³-hybridized carbons (Fsp3) is 0.750. The van der Waals surface area contributed by atoms with E-state index in [9.17, 15) is 4.79 Å². The van der Waals surface area contributed by atoms with Crippen molar-refractivity contribution in [2.24, 2.45) is 0 Å². The lowest BCUT2D eigenvalue weighted by Gasteiger charge is -2.13. The summed E-state index contributed by atoms with van der Waals surface area (Å²) in [7, 11) is 0. The second-order valence-electron chi connectivity index (χ2n) is 3.71. The summed E-state index contributed by atoms with van der Waals surface area (Å²) < 4.78 is 5.23. The van der Waals surface area contributed by atoms with E-state index >= 15 is 0 Å². The van der Waals surface area contributed by atoms with Gasteiger partial charge in [-0.3, -0.25) is 0 Å². The molecule has 0 aliphatic heterocycles. The third-order valence-corrected chi connectivity index (χ3v) is 2.11. The molecule has 0 fully saturated rings. The molecule has 0 radical (unpaired) electrons. The summed E-state index contributed by atoms with van der Waals surface area (Å²) in [5, 5.41) is 0. The second kappa shape index (κ2) is 7.60. The largest absolute Gasteiger partial charge is 0.459 e. The van der Waals surface area contributed by atoms with Gasteiger partial charge in [-0.15, -0.1) is 0 Å². The zero-order valence-corrected chi connectivity index (χ0v) is 9.64. The summed E-state index contributed by atoms with van der Waals surface area (Å²) in [6.45, 7) is 9.80. The first kappa shape index (κ1) is 13.2. The fourth-order valence-corrected chi connectivity index (χ4v) is 1.22. The van der Waals surface area contributed by atoms with Gasteiger partial charge < -0.3 is 4.74 Å². The first-order chi connectivity index (χ1) is 6.61. The molecule has 0 amide bonds. The summed E-state index contributed by atoms with van der Waals surface area (Å²) in [5.74, 6) is -0.226. The van der Waals surface area contributed by atoms with Gasteiger partial charge in [-0.2, -0.15) is 0 Å². The Morgan fingerprint density at radius 1 is 1.36 bits per heavy atom. The van der Waals surface area contributed by atoms with Crippen LogP contribution in [0.25, 0.3) is 0 Å². The maximum absolute atomic E-state index is 11.4. The van der Waals surface area contributed by atoms with Gasteiger partial charge in [0.05, 0.1) is 6.10 Å². The van der Waals surface area contributed by atoms with Gasteiger partial charge in [0.2, 0.25) is 0 Å².